The predicted octanol–water partition coefficient (Wildman–Crippen LogP) is 19.5. The van der Waals surface area contributed by atoms with Gasteiger partial charge < -0.3 is 0 Å². The third-order valence-corrected chi connectivity index (χ3v) is 43.3. The van der Waals surface area contributed by atoms with Crippen LogP contribution in [0.1, 0.15) is 374 Å². The van der Waals surface area contributed by atoms with Crippen molar-refractivity contribution in [2.24, 2.45) is 35.5 Å². The fourth-order valence-corrected chi connectivity index (χ4v) is 40.1. The van der Waals surface area contributed by atoms with Crippen LogP contribution in [-0.4, -0.2) is 447 Å². The monoisotopic (exact) mass is 1920 g/mol. The van der Waals surface area contributed by atoms with Gasteiger partial charge in [-0.3, -0.25) is 0 Å². The second-order valence-corrected chi connectivity index (χ2v) is 55.4. The van der Waals surface area contributed by atoms with Gasteiger partial charge in [0.15, 0.2) is 0 Å². The molecule has 18 rings (SSSR count). The fourth-order valence-electron chi connectivity index (χ4n) is 40.1. The molecule has 0 amide bonds. The number of fused-ring (bicyclic) bond motifs is 8. The van der Waals surface area contributed by atoms with Gasteiger partial charge in [0.05, 0.1) is 194 Å². The van der Waals surface area contributed by atoms with E-state index in [1.165, 1.54) is 438 Å². The summed E-state index contributed by atoms with van der Waals surface area (Å²) >= 11 is 0. The normalized spacial score (nSPS) is 38.2. The SMILES string of the molecule is CC(C)CN1CC(C)[N+]2(CCCC2)C12N(CC(C)C)C(C)C[N+]21CCCC1.CCC1C[N+]2(CCCC2)C2(N(CC(C)C)CC(CC)[N+]23CCCC3)N1CC(C)C.CCCC1C[N+]2(CCCC2)C2(N(CC(C)C)CC(CCC)[N+]23CCCC3)N1CC(C)C.CCCC1C[N+]2(CCCC2)C2(N(CCC)CC(CCC)[N+]23CCCC3)N1CCC.CC[N@@+]1(C)CC(C)(C)N(C)C12N(C)CC(C)(C)[N@@+]2(C)CC. The van der Waals surface area contributed by atoms with Crippen molar-refractivity contribution in [2.45, 2.75) is 463 Å². The zero-order valence-corrected chi connectivity index (χ0v) is 97.8. The molecule has 0 aliphatic carbocycles. The van der Waals surface area contributed by atoms with Gasteiger partial charge in [0.2, 0.25) is 0 Å². The Kier molecular flexibility index (Phi) is 35.3. The van der Waals surface area contributed by atoms with Crippen LogP contribution in [0.5, 0.6) is 0 Å². The lowest BCUT2D eigenvalue weighted by atomic mass is 10.0. The Hall–Kier alpha value is -0.800. The highest BCUT2D eigenvalue weighted by molar-refractivity contribution is 5.05. The standard InChI is InChI=1S/C27H54N4.2C25H50N4.C23H46N4.C17H38N4/c1-7-13-25-22-30(15-9-10-16-30)27(29(25)20-24(5)6)28(19-23(3)4)21-26(14-8-2)31(27)17-11-12-18-31;1-7-23-20-28(13-9-10-14-28)25(27(23)18-22(5)6)26(17-21(3)4)19-24(8-2)29(25)15-11-12-16-29;1-5-13-23-22-28(17-9-10-18-28)25(27(23)16-8-4)26(15-7-3)21-24(14-6-2)29(25)19-11-12-20-29;1-19(2)15-24-17-22(6)27(13-9-10-14-27)23(24)25(16-20(3)4)21(5)18-26(23)11-7-8-12-26;1-11-20(9)14-15(3,4)19(8)17(20)18(7)13-16(5,6)21(17,10)12-2/h23-26H,7-22H2,1-6H3;21-24H,7-20H2,1-6H3;23-24H,5-22H2,1-4H3;19-22H,7-18H2,1-6H3;11-14H2,1-10H3/q5*+2/t;;;;17?,20-,21+/m....0/s1. The van der Waals surface area contributed by atoms with Crippen molar-refractivity contribution in [3.8, 4) is 0 Å². The van der Waals surface area contributed by atoms with Crippen LogP contribution in [0.15, 0.2) is 0 Å². The summed E-state index contributed by atoms with van der Waals surface area (Å²) in [6.07, 6.45) is 39.5. The molecule has 13 unspecified atom stereocenters. The van der Waals surface area contributed by atoms with E-state index in [2.05, 4.69) is 271 Å². The van der Waals surface area contributed by atoms with Gasteiger partial charge in [-0.05, 0) is 129 Å². The van der Waals surface area contributed by atoms with Crippen LogP contribution < -0.4 is 0 Å². The second-order valence-electron chi connectivity index (χ2n) is 55.4. The Labute approximate surface area is 850 Å². The van der Waals surface area contributed by atoms with E-state index in [0.29, 0.717) is 6.04 Å². The molecule has 18 aliphatic heterocycles. The Balaban J connectivity index is 0.000000138. The van der Waals surface area contributed by atoms with Crippen LogP contribution in [0.4, 0.5) is 0 Å². The summed E-state index contributed by atoms with van der Waals surface area (Å²) in [5, 5.41) is 0. The summed E-state index contributed by atoms with van der Waals surface area (Å²) in [6, 6.07) is 6.36. The minimum atomic E-state index is 0.0243. The van der Waals surface area contributed by atoms with Crippen LogP contribution in [0.25, 0.3) is 0 Å². The third-order valence-electron chi connectivity index (χ3n) is 43.3. The van der Waals surface area contributed by atoms with Crippen LogP contribution in [-0.2, 0) is 0 Å². The molecule has 18 aliphatic rings. The van der Waals surface area contributed by atoms with Gasteiger partial charge in [-0.1, -0.05) is 164 Å². The van der Waals surface area contributed by atoms with Gasteiger partial charge in [-0.15, -0.1) is 0 Å². The van der Waals surface area contributed by atoms with Gasteiger partial charge in [0, 0.05) is 182 Å². The van der Waals surface area contributed by atoms with Crippen molar-refractivity contribution in [3.05, 3.63) is 0 Å². The van der Waals surface area contributed by atoms with Crippen molar-refractivity contribution in [1.29, 1.82) is 0 Å². The van der Waals surface area contributed by atoms with E-state index in [-0.39, 0.29) is 40.6 Å². The third kappa shape index (κ3) is 17.0. The average molecular weight is 1930 g/mol. The predicted molar refractivity (Wildman–Crippen MR) is 578 cm³/mol. The molecule has 20 heteroatoms. The lowest BCUT2D eigenvalue weighted by Crippen LogP contribution is -2.83. The van der Waals surface area contributed by atoms with E-state index >= 15 is 0 Å². The lowest BCUT2D eigenvalue weighted by Gasteiger charge is -2.58. The molecule has 0 saturated carbocycles. The van der Waals surface area contributed by atoms with Crippen LogP contribution in [0, 0.1) is 35.5 Å². The highest BCUT2D eigenvalue weighted by atomic mass is 15.9. The molecule has 0 aromatic heterocycles. The number of quaternary nitrogens is 10. The largest absolute Gasteiger partial charge is 0.357 e. The molecule has 20 nitrogen and oxygen atoms in total. The molecule has 18 saturated heterocycles. The van der Waals surface area contributed by atoms with Crippen LogP contribution >= 0.6 is 0 Å². The number of likely N-dealkylation sites (N-methyl/N-ethyl adjacent to an activating group) is 4. The van der Waals surface area contributed by atoms with Crippen molar-refractivity contribution < 1.29 is 44.8 Å². The first-order chi connectivity index (χ1) is 65.0. The molecule has 0 aromatic carbocycles. The van der Waals surface area contributed by atoms with Crippen molar-refractivity contribution in [3.63, 3.8) is 0 Å². The van der Waals surface area contributed by atoms with Gasteiger partial charge in [0.1, 0.15) is 62.4 Å². The van der Waals surface area contributed by atoms with E-state index < -0.39 is 0 Å². The summed E-state index contributed by atoms with van der Waals surface area (Å²) in [7, 11) is 9.64. The highest BCUT2D eigenvalue weighted by Crippen LogP contribution is 2.64. The summed E-state index contributed by atoms with van der Waals surface area (Å²) in [4.78, 5) is 30.2. The number of rotatable bonds is 28. The van der Waals surface area contributed by atoms with Crippen molar-refractivity contribution in [2.75, 3.05) is 264 Å². The molecule has 137 heavy (non-hydrogen) atoms. The summed E-state index contributed by atoms with van der Waals surface area (Å²) in [5.41, 5.74) is 0.473. The van der Waals surface area contributed by atoms with Gasteiger partial charge in [-0.2, -0.15) is 49.0 Å². The Morgan fingerprint density at radius 3 is 0.993 bits per heavy atom. The van der Waals surface area contributed by atoms with E-state index in [1.54, 1.807) is 0 Å². The molecule has 0 radical (unpaired) electrons. The average Bonchev–Trinajstić information content (AvgIpc) is 1.53. The highest BCUT2D eigenvalue weighted by Gasteiger charge is 2.88. The zero-order chi connectivity index (χ0) is 99.6. The molecule has 18 heterocycles. The van der Waals surface area contributed by atoms with Crippen molar-refractivity contribution in [1.82, 2.24) is 49.0 Å². The number of hydrogen-bond donors (Lipinski definition) is 0. The van der Waals surface area contributed by atoms with E-state index in [0.717, 1.165) is 99.9 Å². The molecule has 15 atom stereocenters. The first kappa shape index (κ1) is 112. The lowest BCUT2D eigenvalue weighted by molar-refractivity contribution is -1.17. The smallest absolute Gasteiger partial charge is 0.244 e. The van der Waals surface area contributed by atoms with Gasteiger partial charge in [0.25, 0.3) is 0 Å². The number of nitrogens with zero attached hydrogens (tertiary/aromatic N) is 20. The minimum Gasteiger partial charge on any atom is -0.244 e. The maximum Gasteiger partial charge on any atom is 0.357 e. The molecular formula is C117H238N20+10. The van der Waals surface area contributed by atoms with Gasteiger partial charge >= 0.3 is 29.6 Å². The summed E-state index contributed by atoms with van der Waals surface area (Å²) < 4.78 is 13.5. The quantitative estimate of drug-likeness (QED) is 0.0707. The zero-order valence-electron chi connectivity index (χ0n) is 97.8. The second kappa shape index (κ2) is 43.3. The molecular weight excluding hydrogens is 1690 g/mol. The number of hydrogen-bond acceptors (Lipinski definition) is 10. The first-order valence-corrected chi connectivity index (χ1v) is 61.2. The Morgan fingerprint density at radius 2 is 0.628 bits per heavy atom. The van der Waals surface area contributed by atoms with E-state index in [1.807, 2.05) is 0 Å². The topological polar surface area (TPSA) is 32.4 Å². The molecule has 18 fully saturated rings. The van der Waals surface area contributed by atoms with E-state index in [9.17, 15) is 0 Å². The maximum atomic E-state index is 3.18. The minimum absolute atomic E-state index is 0.0243. The molecule has 0 N–H and O–H groups in total. The molecule has 0 bridgehead atoms. The fraction of sp³-hybridized carbons (Fsp3) is 1.00. The maximum absolute atomic E-state index is 3.18. The van der Waals surface area contributed by atoms with Crippen molar-refractivity contribution >= 4 is 0 Å². The van der Waals surface area contributed by atoms with E-state index in [4.69, 9.17) is 0 Å². The summed E-state index contributed by atoms with van der Waals surface area (Å²) in [5.74, 6) is 5.41. The molecule has 0 aromatic rings. The van der Waals surface area contributed by atoms with Crippen LogP contribution in [0.2, 0.25) is 0 Å². The van der Waals surface area contributed by atoms with Crippen LogP contribution in [0.3, 0.4) is 0 Å². The summed E-state index contributed by atoms with van der Waals surface area (Å²) in [6.45, 7) is 117. The Bertz CT molecular complexity index is 3760. The first-order valence-electron chi connectivity index (χ1n) is 61.2. The molecule has 13 spiro atoms. The van der Waals surface area contributed by atoms with Gasteiger partial charge in [-0.25, -0.2) is 44.8 Å². The molecule has 796 valence electrons. The Morgan fingerprint density at radius 1 is 0.307 bits per heavy atom.